The van der Waals surface area contributed by atoms with Gasteiger partial charge < -0.3 is 23.9 Å². The molecule has 0 aliphatic heterocycles. The number of ketones is 1. The molecule has 7 nitrogen and oxygen atoms in total. The van der Waals surface area contributed by atoms with Gasteiger partial charge in [0.05, 0.1) is 20.8 Å². The van der Waals surface area contributed by atoms with Gasteiger partial charge >= 0.3 is 5.97 Å². The van der Waals surface area contributed by atoms with Crippen LogP contribution in [-0.2, 0) is 15.9 Å². The van der Waals surface area contributed by atoms with Gasteiger partial charge in [-0.2, -0.15) is 0 Å². The lowest BCUT2D eigenvalue weighted by molar-refractivity contribution is 0.0312. The molecule has 3 rings (SSSR count). The highest BCUT2D eigenvalue weighted by atomic mass is 16.6. The fourth-order valence-corrected chi connectivity index (χ4v) is 3.89. The number of H-pyrrole nitrogens is 1. The summed E-state index contributed by atoms with van der Waals surface area (Å²) >= 11 is 0. The lowest BCUT2D eigenvalue weighted by Crippen LogP contribution is -2.18. The fraction of sp³-hybridized carbons (Fsp3) is 0.478. The first-order valence-electron chi connectivity index (χ1n) is 10.2. The van der Waals surface area contributed by atoms with Crippen LogP contribution < -0.4 is 9.47 Å². The molecule has 1 aromatic carbocycles. The lowest BCUT2D eigenvalue weighted by Gasteiger charge is -2.23. The Balaban J connectivity index is 1.76. The zero-order valence-corrected chi connectivity index (χ0v) is 18.0. The van der Waals surface area contributed by atoms with Gasteiger partial charge in [-0.1, -0.05) is 13.0 Å². The minimum absolute atomic E-state index is 0.00540. The smallest absolute Gasteiger partial charge is 0.355 e. The predicted molar refractivity (Wildman–Crippen MR) is 112 cm³/mol. The number of aromatic nitrogens is 1. The van der Waals surface area contributed by atoms with E-state index in [9.17, 15) is 9.59 Å². The van der Waals surface area contributed by atoms with Crippen LogP contribution in [0.15, 0.2) is 18.2 Å². The number of Topliss-reactive ketones (excluding diaryl/α,β-unsaturated/α-hetero) is 1. The first-order valence-corrected chi connectivity index (χ1v) is 10.2. The van der Waals surface area contributed by atoms with Crippen molar-refractivity contribution in [3.05, 3.63) is 46.3 Å². The maximum atomic E-state index is 12.9. The van der Waals surface area contributed by atoms with Gasteiger partial charge in [0.1, 0.15) is 12.3 Å². The fourth-order valence-electron chi connectivity index (χ4n) is 3.89. The van der Waals surface area contributed by atoms with Crippen molar-refractivity contribution in [1.82, 2.24) is 4.98 Å². The Morgan fingerprint density at radius 1 is 1.10 bits per heavy atom. The van der Waals surface area contributed by atoms with Crippen LogP contribution in [0.4, 0.5) is 0 Å². The SMILES string of the molecule is CCCOCCOC(=O)c1[nH]c2c(c1C)C(=O)CC(c1ccc(OC)c(OC)c1)C2. The highest BCUT2D eigenvalue weighted by Crippen LogP contribution is 2.38. The average molecular weight is 415 g/mol. The van der Waals surface area contributed by atoms with E-state index in [1.54, 1.807) is 21.1 Å². The standard InChI is InChI=1S/C23H29NO6/c1-5-8-29-9-10-30-23(26)22-14(2)21-17(24-22)11-16(12-18(21)25)15-6-7-19(27-3)20(13-15)28-4/h6-7,13,16,24H,5,8-12H2,1-4H3. The summed E-state index contributed by atoms with van der Waals surface area (Å²) in [4.78, 5) is 28.5. The Labute approximate surface area is 176 Å². The largest absolute Gasteiger partial charge is 0.493 e. The maximum Gasteiger partial charge on any atom is 0.355 e. The van der Waals surface area contributed by atoms with E-state index in [0.717, 1.165) is 17.7 Å². The van der Waals surface area contributed by atoms with Crippen LogP contribution >= 0.6 is 0 Å². The van der Waals surface area contributed by atoms with E-state index in [0.29, 0.717) is 54.4 Å². The summed E-state index contributed by atoms with van der Waals surface area (Å²) in [6, 6.07) is 5.70. The van der Waals surface area contributed by atoms with Gasteiger partial charge in [-0.05, 0) is 48.9 Å². The zero-order valence-electron chi connectivity index (χ0n) is 18.0. The van der Waals surface area contributed by atoms with Crippen molar-refractivity contribution in [3.8, 4) is 11.5 Å². The molecule has 0 bridgehead atoms. The van der Waals surface area contributed by atoms with E-state index in [1.807, 2.05) is 25.1 Å². The summed E-state index contributed by atoms with van der Waals surface area (Å²) in [6.07, 6.45) is 1.92. The number of carbonyl (C=O) groups is 2. The summed E-state index contributed by atoms with van der Waals surface area (Å²) < 4.78 is 21.3. The third-order valence-electron chi connectivity index (χ3n) is 5.38. The second-order valence-corrected chi connectivity index (χ2v) is 7.37. The normalized spacial score (nSPS) is 15.6. The minimum atomic E-state index is -0.461. The molecule has 0 saturated carbocycles. The van der Waals surface area contributed by atoms with Gasteiger partial charge in [0.2, 0.25) is 0 Å². The number of hydrogen-bond donors (Lipinski definition) is 1. The highest BCUT2D eigenvalue weighted by molar-refractivity contribution is 6.03. The van der Waals surface area contributed by atoms with Gasteiger partial charge in [0.25, 0.3) is 0 Å². The molecule has 0 spiro atoms. The van der Waals surface area contributed by atoms with Crippen LogP contribution in [0.2, 0.25) is 0 Å². The van der Waals surface area contributed by atoms with E-state index in [4.69, 9.17) is 18.9 Å². The predicted octanol–water partition coefficient (Wildman–Crippen LogP) is 3.84. The molecule has 2 aromatic rings. The highest BCUT2D eigenvalue weighted by Gasteiger charge is 2.32. The van der Waals surface area contributed by atoms with E-state index < -0.39 is 5.97 Å². The van der Waals surface area contributed by atoms with Gasteiger partial charge in [0.15, 0.2) is 17.3 Å². The number of methoxy groups -OCH3 is 2. The molecule has 0 saturated heterocycles. The van der Waals surface area contributed by atoms with Crippen molar-refractivity contribution < 1.29 is 28.5 Å². The second-order valence-electron chi connectivity index (χ2n) is 7.37. The van der Waals surface area contributed by atoms with Crippen molar-refractivity contribution in [1.29, 1.82) is 0 Å². The van der Waals surface area contributed by atoms with E-state index >= 15 is 0 Å². The Hall–Kier alpha value is -2.80. The summed E-state index contributed by atoms with van der Waals surface area (Å²) in [5.74, 6) is 0.833. The molecule has 1 aliphatic rings. The molecule has 0 fully saturated rings. The van der Waals surface area contributed by atoms with Crippen LogP contribution in [0.25, 0.3) is 0 Å². The number of carbonyl (C=O) groups excluding carboxylic acids is 2. The summed E-state index contributed by atoms with van der Waals surface area (Å²) in [6.45, 7) is 4.99. The topological polar surface area (TPSA) is 86.9 Å². The lowest BCUT2D eigenvalue weighted by atomic mass is 9.81. The molecular formula is C23H29NO6. The molecule has 1 N–H and O–H groups in total. The van der Waals surface area contributed by atoms with Crippen LogP contribution in [0.1, 0.15) is 63.4 Å². The zero-order chi connectivity index (χ0) is 21.7. The number of hydrogen-bond acceptors (Lipinski definition) is 6. The molecule has 0 amide bonds. The summed E-state index contributed by atoms with van der Waals surface area (Å²) in [5.41, 5.74) is 3.38. The van der Waals surface area contributed by atoms with Gasteiger partial charge in [-0.25, -0.2) is 4.79 Å². The van der Waals surface area contributed by atoms with E-state index in [1.165, 1.54) is 0 Å². The number of fused-ring (bicyclic) bond motifs is 1. The van der Waals surface area contributed by atoms with E-state index in [2.05, 4.69) is 4.98 Å². The number of aromatic amines is 1. The Bertz CT molecular complexity index is 917. The van der Waals surface area contributed by atoms with Crippen molar-refractivity contribution in [2.45, 2.75) is 39.0 Å². The van der Waals surface area contributed by atoms with Crippen LogP contribution in [0, 0.1) is 6.92 Å². The second kappa shape index (κ2) is 9.80. The molecule has 1 atom stereocenters. The van der Waals surface area contributed by atoms with Gasteiger partial charge in [0, 0.05) is 24.3 Å². The minimum Gasteiger partial charge on any atom is -0.493 e. The molecule has 7 heteroatoms. The third kappa shape index (κ3) is 4.51. The molecule has 0 radical (unpaired) electrons. The summed E-state index contributed by atoms with van der Waals surface area (Å²) in [7, 11) is 3.18. The number of esters is 1. The monoisotopic (exact) mass is 415 g/mol. The van der Waals surface area contributed by atoms with Crippen LogP contribution in [0.3, 0.4) is 0 Å². The molecule has 30 heavy (non-hydrogen) atoms. The van der Waals surface area contributed by atoms with Crippen LogP contribution in [-0.4, -0.2) is 50.8 Å². The molecule has 1 unspecified atom stereocenters. The van der Waals surface area contributed by atoms with E-state index in [-0.39, 0.29) is 18.3 Å². The van der Waals surface area contributed by atoms with Crippen LogP contribution in [0.5, 0.6) is 11.5 Å². The molecule has 162 valence electrons. The molecular weight excluding hydrogens is 386 g/mol. The van der Waals surface area contributed by atoms with Gasteiger partial charge in [-0.15, -0.1) is 0 Å². The van der Waals surface area contributed by atoms with Crippen molar-refractivity contribution in [2.24, 2.45) is 0 Å². The first kappa shape index (κ1) is 21.9. The molecule has 1 heterocycles. The number of benzene rings is 1. The summed E-state index contributed by atoms with van der Waals surface area (Å²) in [5, 5.41) is 0. The Kier molecular flexibility index (Phi) is 7.15. The number of nitrogens with one attached hydrogen (secondary N) is 1. The number of rotatable bonds is 9. The van der Waals surface area contributed by atoms with Gasteiger partial charge in [-0.3, -0.25) is 4.79 Å². The van der Waals surface area contributed by atoms with Crippen molar-refractivity contribution in [2.75, 3.05) is 34.0 Å². The number of ether oxygens (including phenoxy) is 4. The Morgan fingerprint density at radius 3 is 2.57 bits per heavy atom. The van der Waals surface area contributed by atoms with Crippen molar-refractivity contribution >= 4 is 11.8 Å². The quantitative estimate of drug-likeness (QED) is 0.495. The Morgan fingerprint density at radius 2 is 1.87 bits per heavy atom. The van der Waals surface area contributed by atoms with Crippen molar-refractivity contribution in [3.63, 3.8) is 0 Å². The third-order valence-corrected chi connectivity index (χ3v) is 5.38. The molecule has 1 aliphatic carbocycles. The average Bonchev–Trinajstić information content (AvgIpc) is 3.09. The maximum absolute atomic E-state index is 12.9. The molecule has 1 aromatic heterocycles. The first-order chi connectivity index (χ1) is 14.5.